The van der Waals surface area contributed by atoms with E-state index in [4.69, 9.17) is 9.52 Å². The third kappa shape index (κ3) is 2.80. The number of H-pyrrole nitrogens is 1. The molecule has 0 saturated heterocycles. The summed E-state index contributed by atoms with van der Waals surface area (Å²) in [7, 11) is 0. The predicted octanol–water partition coefficient (Wildman–Crippen LogP) is 3.76. The smallest absolute Gasteiger partial charge is 0.371 e. The van der Waals surface area contributed by atoms with Crippen molar-refractivity contribution < 1.29 is 14.3 Å². The van der Waals surface area contributed by atoms with Gasteiger partial charge in [-0.2, -0.15) is 0 Å². The van der Waals surface area contributed by atoms with Gasteiger partial charge in [0.15, 0.2) is 5.16 Å². The first-order chi connectivity index (χ1) is 10.0. The Labute approximate surface area is 125 Å². The van der Waals surface area contributed by atoms with E-state index >= 15 is 0 Å². The number of rotatable bonds is 4. The summed E-state index contributed by atoms with van der Waals surface area (Å²) in [6.45, 7) is 4.13. The van der Waals surface area contributed by atoms with Gasteiger partial charge in [-0.25, -0.2) is 9.78 Å². The lowest BCUT2D eigenvalue weighted by Gasteiger charge is -1.97. The number of carboxylic acid groups (broad SMARTS) is 1. The fourth-order valence-corrected chi connectivity index (χ4v) is 2.80. The van der Waals surface area contributed by atoms with Crippen LogP contribution in [0, 0.1) is 13.8 Å². The minimum absolute atomic E-state index is 0.0403. The number of carboxylic acids is 1. The number of aromatic carboxylic acids is 1. The van der Waals surface area contributed by atoms with Crippen LogP contribution in [0.1, 0.15) is 27.4 Å². The Hall–Kier alpha value is -2.21. The molecule has 0 aliphatic rings. The molecule has 3 rings (SSSR count). The first-order valence-electron chi connectivity index (χ1n) is 6.44. The maximum absolute atomic E-state index is 10.8. The van der Waals surface area contributed by atoms with Gasteiger partial charge in [-0.1, -0.05) is 11.8 Å². The molecule has 0 bridgehead atoms. The lowest BCUT2D eigenvalue weighted by atomic mass is 10.1. The standard InChI is InChI=1S/C15H14N2O3S/c1-8-5-11-12(6-9(8)2)17-15(16-11)21-7-10-3-4-13(20-10)14(18)19/h3-6H,7H2,1-2H3,(H,16,17)(H,18,19). The van der Waals surface area contributed by atoms with Crippen LogP contribution in [-0.4, -0.2) is 21.0 Å². The molecule has 0 unspecified atom stereocenters. The van der Waals surface area contributed by atoms with E-state index in [9.17, 15) is 4.79 Å². The second kappa shape index (κ2) is 5.29. The molecule has 6 heteroatoms. The molecular weight excluding hydrogens is 288 g/mol. The Balaban J connectivity index is 1.77. The number of hydrogen-bond donors (Lipinski definition) is 2. The average molecular weight is 302 g/mol. The second-order valence-electron chi connectivity index (χ2n) is 4.86. The summed E-state index contributed by atoms with van der Waals surface area (Å²) >= 11 is 1.48. The van der Waals surface area contributed by atoms with Crippen LogP contribution < -0.4 is 0 Å². The highest BCUT2D eigenvalue weighted by Crippen LogP contribution is 2.25. The number of benzene rings is 1. The van der Waals surface area contributed by atoms with Gasteiger partial charge in [0.05, 0.1) is 16.8 Å². The molecule has 0 fully saturated rings. The van der Waals surface area contributed by atoms with Crippen LogP contribution in [0.2, 0.25) is 0 Å². The number of nitrogens with one attached hydrogen (secondary N) is 1. The molecule has 0 atom stereocenters. The second-order valence-corrected chi connectivity index (χ2v) is 5.82. The largest absolute Gasteiger partial charge is 0.475 e. The van der Waals surface area contributed by atoms with Crippen molar-refractivity contribution in [3.8, 4) is 0 Å². The minimum Gasteiger partial charge on any atom is -0.475 e. The number of aromatic amines is 1. The summed E-state index contributed by atoms with van der Waals surface area (Å²) in [6.07, 6.45) is 0. The highest BCUT2D eigenvalue weighted by atomic mass is 32.2. The molecule has 3 aromatic rings. The van der Waals surface area contributed by atoms with Gasteiger partial charge in [0.25, 0.3) is 0 Å². The number of nitrogens with zero attached hydrogens (tertiary/aromatic N) is 1. The number of carbonyl (C=O) groups is 1. The molecule has 21 heavy (non-hydrogen) atoms. The Morgan fingerprint density at radius 1 is 1.33 bits per heavy atom. The van der Waals surface area contributed by atoms with E-state index in [1.165, 1.54) is 29.0 Å². The zero-order valence-electron chi connectivity index (χ0n) is 11.6. The number of thioether (sulfide) groups is 1. The average Bonchev–Trinajstić information content (AvgIpc) is 3.03. The van der Waals surface area contributed by atoms with E-state index in [1.54, 1.807) is 6.07 Å². The van der Waals surface area contributed by atoms with E-state index in [1.807, 2.05) is 0 Å². The van der Waals surface area contributed by atoms with E-state index in [0.717, 1.165) is 16.2 Å². The zero-order chi connectivity index (χ0) is 15.0. The Bertz CT molecular complexity index is 781. The van der Waals surface area contributed by atoms with Gasteiger partial charge in [0, 0.05) is 0 Å². The Morgan fingerprint density at radius 3 is 2.81 bits per heavy atom. The van der Waals surface area contributed by atoms with E-state index in [2.05, 4.69) is 35.9 Å². The molecule has 108 valence electrons. The van der Waals surface area contributed by atoms with Gasteiger partial charge < -0.3 is 14.5 Å². The van der Waals surface area contributed by atoms with Gasteiger partial charge in [-0.3, -0.25) is 0 Å². The predicted molar refractivity (Wildman–Crippen MR) is 80.8 cm³/mol. The van der Waals surface area contributed by atoms with Gasteiger partial charge in [0.1, 0.15) is 5.76 Å². The molecule has 2 heterocycles. The highest BCUT2D eigenvalue weighted by molar-refractivity contribution is 7.98. The van der Waals surface area contributed by atoms with Crippen molar-refractivity contribution >= 4 is 28.8 Å². The highest BCUT2D eigenvalue weighted by Gasteiger charge is 2.10. The van der Waals surface area contributed by atoms with Crippen LogP contribution in [0.15, 0.2) is 33.8 Å². The summed E-state index contributed by atoms with van der Waals surface area (Å²) < 4.78 is 5.22. The van der Waals surface area contributed by atoms with E-state index in [-0.39, 0.29) is 5.76 Å². The molecule has 0 amide bonds. The summed E-state index contributed by atoms with van der Waals surface area (Å²) in [5.74, 6) is 0.0537. The molecule has 2 N–H and O–H groups in total. The molecular formula is C15H14N2O3S. The third-order valence-electron chi connectivity index (χ3n) is 3.30. The molecule has 0 saturated carbocycles. The van der Waals surface area contributed by atoms with Crippen molar-refractivity contribution in [1.29, 1.82) is 0 Å². The summed E-state index contributed by atoms with van der Waals surface area (Å²) in [5, 5.41) is 9.61. The van der Waals surface area contributed by atoms with Crippen molar-refractivity contribution in [2.24, 2.45) is 0 Å². The fourth-order valence-electron chi connectivity index (χ4n) is 2.02. The first-order valence-corrected chi connectivity index (χ1v) is 7.43. The maximum Gasteiger partial charge on any atom is 0.371 e. The number of aromatic nitrogens is 2. The summed E-state index contributed by atoms with van der Waals surface area (Å²) in [6, 6.07) is 7.27. The van der Waals surface area contributed by atoms with Crippen molar-refractivity contribution in [2.45, 2.75) is 24.8 Å². The molecule has 1 aromatic carbocycles. The van der Waals surface area contributed by atoms with Gasteiger partial charge in [-0.15, -0.1) is 0 Å². The van der Waals surface area contributed by atoms with Crippen LogP contribution in [0.25, 0.3) is 11.0 Å². The number of furan rings is 1. The molecule has 2 aromatic heterocycles. The van der Waals surface area contributed by atoms with Crippen molar-refractivity contribution in [3.63, 3.8) is 0 Å². The first kappa shape index (κ1) is 13.8. The topological polar surface area (TPSA) is 79.1 Å². The molecule has 5 nitrogen and oxygen atoms in total. The Kier molecular flexibility index (Phi) is 3.47. The lowest BCUT2D eigenvalue weighted by Crippen LogP contribution is -1.91. The van der Waals surface area contributed by atoms with Crippen LogP contribution in [0.4, 0.5) is 0 Å². The number of imidazole rings is 1. The summed E-state index contributed by atoms with van der Waals surface area (Å²) in [5.41, 5.74) is 4.38. The van der Waals surface area contributed by atoms with Crippen LogP contribution >= 0.6 is 11.8 Å². The van der Waals surface area contributed by atoms with Crippen LogP contribution in [-0.2, 0) is 5.75 Å². The molecule has 0 radical (unpaired) electrons. The maximum atomic E-state index is 10.8. The van der Waals surface area contributed by atoms with Crippen LogP contribution in [0.3, 0.4) is 0 Å². The number of hydrogen-bond acceptors (Lipinski definition) is 4. The quantitative estimate of drug-likeness (QED) is 0.717. The zero-order valence-corrected chi connectivity index (χ0v) is 12.5. The van der Waals surface area contributed by atoms with Crippen LogP contribution in [0.5, 0.6) is 0 Å². The summed E-state index contributed by atoms with van der Waals surface area (Å²) in [4.78, 5) is 18.5. The Morgan fingerprint density at radius 2 is 2.10 bits per heavy atom. The SMILES string of the molecule is Cc1cc2nc(SCc3ccc(C(=O)O)o3)[nH]c2cc1C. The monoisotopic (exact) mass is 302 g/mol. The molecule has 0 aliphatic heterocycles. The van der Waals surface area contributed by atoms with Crippen molar-refractivity contribution in [1.82, 2.24) is 9.97 Å². The van der Waals surface area contributed by atoms with E-state index < -0.39 is 5.97 Å². The minimum atomic E-state index is -1.05. The van der Waals surface area contributed by atoms with Gasteiger partial charge >= 0.3 is 5.97 Å². The normalized spacial score (nSPS) is 11.1. The number of fused-ring (bicyclic) bond motifs is 1. The molecule has 0 aliphatic carbocycles. The third-order valence-corrected chi connectivity index (χ3v) is 4.19. The van der Waals surface area contributed by atoms with Crippen molar-refractivity contribution in [2.75, 3.05) is 0 Å². The van der Waals surface area contributed by atoms with Crippen molar-refractivity contribution in [3.05, 3.63) is 46.9 Å². The lowest BCUT2D eigenvalue weighted by molar-refractivity contribution is 0.0661. The van der Waals surface area contributed by atoms with Gasteiger partial charge in [-0.05, 0) is 49.2 Å². The molecule has 0 spiro atoms. The number of aryl methyl sites for hydroxylation is 2. The fraction of sp³-hybridized carbons (Fsp3) is 0.200. The van der Waals surface area contributed by atoms with E-state index in [0.29, 0.717) is 11.5 Å². The van der Waals surface area contributed by atoms with Gasteiger partial charge in [0.2, 0.25) is 5.76 Å².